The molecule has 1 amide bonds. The van der Waals surface area contributed by atoms with Gasteiger partial charge in [0.1, 0.15) is 17.3 Å². The number of pyridine rings is 1. The molecule has 2 aromatic heterocycles. The van der Waals surface area contributed by atoms with E-state index in [4.69, 9.17) is 9.72 Å². The Hall–Kier alpha value is -2.74. The van der Waals surface area contributed by atoms with E-state index in [1.54, 1.807) is 19.2 Å². The molecule has 2 aliphatic rings. The first-order valence-electron chi connectivity index (χ1n) is 9.74. The molecule has 2 saturated heterocycles. The van der Waals surface area contributed by atoms with Gasteiger partial charge in [-0.3, -0.25) is 9.59 Å². The van der Waals surface area contributed by atoms with Crippen molar-refractivity contribution >= 4 is 11.7 Å². The summed E-state index contributed by atoms with van der Waals surface area (Å²) in [5, 5.41) is 0. The van der Waals surface area contributed by atoms with Gasteiger partial charge in [0.15, 0.2) is 0 Å². The standard InChI is InChI=1S/C20H25N5O3/c1-23-16(3-2-4-18(23)26)20(27)25-9-6-15(7-10-25)19-21-8-5-17(22-19)24-11-13-28-14-12-24/h2-5,8,15H,6-7,9-14H2,1H3. The quantitative estimate of drug-likeness (QED) is 0.788. The van der Waals surface area contributed by atoms with Crippen LogP contribution in [0.25, 0.3) is 0 Å². The minimum absolute atomic E-state index is 0.0957. The zero-order chi connectivity index (χ0) is 19.5. The molecule has 0 radical (unpaired) electrons. The van der Waals surface area contributed by atoms with Crippen molar-refractivity contribution in [2.75, 3.05) is 44.3 Å². The molecule has 0 atom stereocenters. The summed E-state index contributed by atoms with van der Waals surface area (Å²) in [5.41, 5.74) is 0.255. The third kappa shape index (κ3) is 3.77. The first-order valence-corrected chi connectivity index (χ1v) is 9.74. The molecule has 148 valence electrons. The number of morpholine rings is 1. The summed E-state index contributed by atoms with van der Waals surface area (Å²) in [5.74, 6) is 1.94. The first kappa shape index (κ1) is 18.6. The molecule has 0 spiro atoms. The minimum atomic E-state index is -0.172. The van der Waals surface area contributed by atoms with Crippen molar-refractivity contribution in [3.05, 3.63) is 52.3 Å². The van der Waals surface area contributed by atoms with E-state index >= 15 is 0 Å². The molecule has 0 bridgehead atoms. The number of aromatic nitrogens is 3. The summed E-state index contributed by atoms with van der Waals surface area (Å²) in [6.07, 6.45) is 3.46. The average molecular weight is 383 g/mol. The van der Waals surface area contributed by atoms with Crippen LogP contribution in [0, 0.1) is 0 Å². The van der Waals surface area contributed by atoms with E-state index < -0.39 is 0 Å². The van der Waals surface area contributed by atoms with Crippen molar-refractivity contribution in [1.29, 1.82) is 0 Å². The molecule has 0 aliphatic carbocycles. The molecule has 0 saturated carbocycles. The smallest absolute Gasteiger partial charge is 0.270 e. The van der Waals surface area contributed by atoms with Crippen LogP contribution < -0.4 is 10.5 Å². The molecule has 2 aromatic rings. The van der Waals surface area contributed by atoms with Gasteiger partial charge in [-0.25, -0.2) is 9.97 Å². The van der Waals surface area contributed by atoms with Gasteiger partial charge < -0.3 is 19.1 Å². The number of piperidine rings is 1. The number of hydrogen-bond acceptors (Lipinski definition) is 6. The normalized spacial score (nSPS) is 18.3. The van der Waals surface area contributed by atoms with Gasteiger partial charge in [-0.2, -0.15) is 0 Å². The van der Waals surface area contributed by atoms with E-state index in [0.717, 1.165) is 50.8 Å². The highest BCUT2D eigenvalue weighted by atomic mass is 16.5. The lowest BCUT2D eigenvalue weighted by atomic mass is 9.95. The summed E-state index contributed by atoms with van der Waals surface area (Å²) < 4.78 is 6.82. The fourth-order valence-electron chi connectivity index (χ4n) is 3.81. The van der Waals surface area contributed by atoms with Gasteiger partial charge in [0.2, 0.25) is 0 Å². The number of nitrogens with zero attached hydrogens (tertiary/aromatic N) is 5. The number of carbonyl (C=O) groups is 1. The second-order valence-electron chi connectivity index (χ2n) is 7.25. The van der Waals surface area contributed by atoms with E-state index in [1.807, 2.05) is 17.2 Å². The second-order valence-corrected chi connectivity index (χ2v) is 7.25. The fraction of sp³-hybridized carbons (Fsp3) is 0.500. The van der Waals surface area contributed by atoms with E-state index in [9.17, 15) is 9.59 Å². The molecule has 4 heterocycles. The van der Waals surface area contributed by atoms with Crippen molar-refractivity contribution in [3.63, 3.8) is 0 Å². The third-order valence-corrected chi connectivity index (χ3v) is 5.55. The molecule has 0 unspecified atom stereocenters. The lowest BCUT2D eigenvalue weighted by Gasteiger charge is -2.32. The number of likely N-dealkylation sites (tertiary alicyclic amines) is 1. The van der Waals surface area contributed by atoms with Gasteiger partial charge in [0.05, 0.1) is 13.2 Å². The van der Waals surface area contributed by atoms with Gasteiger partial charge in [0, 0.05) is 51.4 Å². The Morgan fingerprint density at radius 2 is 1.86 bits per heavy atom. The van der Waals surface area contributed by atoms with Crippen molar-refractivity contribution in [2.45, 2.75) is 18.8 Å². The number of anilines is 1. The highest BCUT2D eigenvalue weighted by Crippen LogP contribution is 2.27. The maximum absolute atomic E-state index is 12.8. The Bertz CT molecular complexity index is 899. The van der Waals surface area contributed by atoms with Crippen molar-refractivity contribution in [2.24, 2.45) is 7.05 Å². The van der Waals surface area contributed by atoms with Gasteiger partial charge in [-0.15, -0.1) is 0 Å². The summed E-state index contributed by atoms with van der Waals surface area (Å²) in [4.78, 5) is 37.9. The zero-order valence-corrected chi connectivity index (χ0v) is 16.1. The van der Waals surface area contributed by atoms with Gasteiger partial charge in [-0.1, -0.05) is 6.07 Å². The number of carbonyl (C=O) groups excluding carboxylic acids is 1. The van der Waals surface area contributed by atoms with Crippen LogP contribution in [-0.4, -0.2) is 64.7 Å². The Labute approximate surface area is 163 Å². The van der Waals surface area contributed by atoms with Crippen molar-refractivity contribution in [3.8, 4) is 0 Å². The number of amides is 1. The van der Waals surface area contributed by atoms with Crippen LogP contribution in [0.2, 0.25) is 0 Å². The zero-order valence-electron chi connectivity index (χ0n) is 16.1. The third-order valence-electron chi connectivity index (χ3n) is 5.55. The molecule has 8 nitrogen and oxygen atoms in total. The van der Waals surface area contributed by atoms with E-state index in [2.05, 4.69) is 9.88 Å². The number of rotatable bonds is 3. The topological polar surface area (TPSA) is 80.6 Å². The number of hydrogen-bond donors (Lipinski definition) is 0. The van der Waals surface area contributed by atoms with Crippen LogP contribution in [-0.2, 0) is 11.8 Å². The monoisotopic (exact) mass is 383 g/mol. The van der Waals surface area contributed by atoms with Gasteiger partial charge in [0.25, 0.3) is 11.5 Å². The fourth-order valence-corrected chi connectivity index (χ4v) is 3.81. The van der Waals surface area contributed by atoms with Crippen LogP contribution in [0.5, 0.6) is 0 Å². The van der Waals surface area contributed by atoms with Crippen LogP contribution in [0.15, 0.2) is 35.3 Å². The molecule has 0 N–H and O–H groups in total. The summed E-state index contributed by atoms with van der Waals surface area (Å²) >= 11 is 0. The highest BCUT2D eigenvalue weighted by Gasteiger charge is 2.27. The highest BCUT2D eigenvalue weighted by molar-refractivity contribution is 5.92. The molecular weight excluding hydrogens is 358 g/mol. The maximum atomic E-state index is 12.8. The number of ether oxygens (including phenoxy) is 1. The van der Waals surface area contributed by atoms with Crippen molar-refractivity contribution < 1.29 is 9.53 Å². The predicted octanol–water partition coefficient (Wildman–Crippen LogP) is 1.03. The average Bonchev–Trinajstić information content (AvgIpc) is 2.76. The van der Waals surface area contributed by atoms with E-state index in [1.165, 1.54) is 10.6 Å². The maximum Gasteiger partial charge on any atom is 0.270 e. The Kier molecular flexibility index (Phi) is 5.38. The lowest BCUT2D eigenvalue weighted by Crippen LogP contribution is -2.40. The first-order chi connectivity index (χ1) is 13.6. The molecule has 0 aromatic carbocycles. The summed E-state index contributed by atoms with van der Waals surface area (Å²) in [6.45, 7) is 4.41. The van der Waals surface area contributed by atoms with Crippen molar-refractivity contribution in [1.82, 2.24) is 19.4 Å². The largest absolute Gasteiger partial charge is 0.378 e. The Balaban J connectivity index is 1.42. The molecule has 4 rings (SSSR count). The van der Waals surface area contributed by atoms with Crippen LogP contribution >= 0.6 is 0 Å². The molecular formula is C20H25N5O3. The van der Waals surface area contributed by atoms with Crippen LogP contribution in [0.3, 0.4) is 0 Å². The Morgan fingerprint density at radius 3 is 2.61 bits per heavy atom. The van der Waals surface area contributed by atoms with Gasteiger partial charge in [-0.05, 0) is 25.0 Å². The predicted molar refractivity (Wildman–Crippen MR) is 105 cm³/mol. The molecule has 28 heavy (non-hydrogen) atoms. The molecule has 2 aliphatic heterocycles. The second kappa shape index (κ2) is 8.10. The van der Waals surface area contributed by atoms with Gasteiger partial charge >= 0.3 is 0 Å². The van der Waals surface area contributed by atoms with E-state index in [-0.39, 0.29) is 17.4 Å². The van der Waals surface area contributed by atoms with E-state index in [0.29, 0.717) is 18.8 Å². The van der Waals surface area contributed by atoms with Crippen LogP contribution in [0.1, 0.15) is 35.1 Å². The summed E-state index contributed by atoms with van der Waals surface area (Å²) in [6, 6.07) is 6.74. The summed E-state index contributed by atoms with van der Waals surface area (Å²) in [7, 11) is 1.63. The Morgan fingerprint density at radius 1 is 1.11 bits per heavy atom. The SMILES string of the molecule is Cn1c(C(=O)N2CCC(c3nccc(N4CCOCC4)n3)CC2)cccc1=O. The minimum Gasteiger partial charge on any atom is -0.378 e. The molecule has 2 fully saturated rings. The lowest BCUT2D eigenvalue weighted by molar-refractivity contribution is 0.0700. The molecule has 8 heteroatoms. The van der Waals surface area contributed by atoms with Crippen LogP contribution in [0.4, 0.5) is 5.82 Å².